The van der Waals surface area contributed by atoms with Crippen LogP contribution in [0.1, 0.15) is 10.4 Å². The fourth-order valence-electron chi connectivity index (χ4n) is 2.61. The molecule has 0 saturated carbocycles. The largest absolute Gasteiger partial charge is 0.454 e. The van der Waals surface area contributed by atoms with E-state index in [1.165, 1.54) is 34.9 Å². The summed E-state index contributed by atoms with van der Waals surface area (Å²) in [4.78, 5) is 25.2. The van der Waals surface area contributed by atoms with E-state index >= 15 is 0 Å². The molecular formula is C19H16N4O4S3. The lowest BCUT2D eigenvalue weighted by molar-refractivity contribution is -0.113. The van der Waals surface area contributed by atoms with Crippen molar-refractivity contribution in [3.63, 3.8) is 0 Å². The first-order valence-electron chi connectivity index (χ1n) is 8.72. The lowest BCUT2D eigenvalue weighted by atomic mass is 10.1. The third kappa shape index (κ3) is 4.86. The van der Waals surface area contributed by atoms with Crippen LogP contribution in [0.3, 0.4) is 0 Å². The average molecular weight is 461 g/mol. The van der Waals surface area contributed by atoms with Gasteiger partial charge in [0.05, 0.1) is 17.0 Å². The zero-order valence-corrected chi connectivity index (χ0v) is 18.2. The maximum atomic E-state index is 12.8. The number of hydrogen-bond donors (Lipinski definition) is 2. The Kier molecular flexibility index (Phi) is 6.41. The predicted molar refractivity (Wildman–Crippen MR) is 118 cm³/mol. The van der Waals surface area contributed by atoms with E-state index in [-0.39, 0.29) is 24.4 Å². The van der Waals surface area contributed by atoms with Gasteiger partial charge in [-0.05, 0) is 30.5 Å². The summed E-state index contributed by atoms with van der Waals surface area (Å²) in [5.41, 5.74) is 1.36. The molecule has 0 fully saturated rings. The van der Waals surface area contributed by atoms with E-state index < -0.39 is 0 Å². The lowest BCUT2D eigenvalue weighted by Gasteiger charge is -2.11. The van der Waals surface area contributed by atoms with E-state index in [9.17, 15) is 9.59 Å². The first-order valence-corrected chi connectivity index (χ1v) is 11.8. The molecule has 0 spiro atoms. The minimum absolute atomic E-state index is 0.162. The summed E-state index contributed by atoms with van der Waals surface area (Å²) in [6, 6.07) is 12.0. The van der Waals surface area contributed by atoms with Gasteiger partial charge in [0.25, 0.3) is 5.91 Å². The number of carbonyl (C=O) groups excluding carboxylic acids is 2. The van der Waals surface area contributed by atoms with Crippen molar-refractivity contribution in [3.05, 3.63) is 48.0 Å². The van der Waals surface area contributed by atoms with Gasteiger partial charge in [-0.3, -0.25) is 9.59 Å². The molecule has 30 heavy (non-hydrogen) atoms. The standard InChI is InChI=1S/C19H16N4O4S3/c1-28-18-22-23-19(30-18)29-9-16(24)21-13-5-3-2-4-12(13)17(25)20-11-6-7-14-15(8-11)27-10-26-14/h2-8H,9-10H2,1H3,(H,20,25)(H,21,24). The molecule has 3 aromatic rings. The minimum Gasteiger partial charge on any atom is -0.454 e. The van der Waals surface area contributed by atoms with Gasteiger partial charge in [0.1, 0.15) is 0 Å². The maximum Gasteiger partial charge on any atom is 0.257 e. The van der Waals surface area contributed by atoms with Crippen LogP contribution in [0.2, 0.25) is 0 Å². The van der Waals surface area contributed by atoms with Gasteiger partial charge in [-0.1, -0.05) is 47.0 Å². The molecule has 8 nitrogen and oxygen atoms in total. The van der Waals surface area contributed by atoms with E-state index in [1.807, 2.05) is 6.26 Å². The summed E-state index contributed by atoms with van der Waals surface area (Å²) in [6.07, 6.45) is 1.92. The molecule has 1 aliphatic rings. The molecule has 11 heteroatoms. The van der Waals surface area contributed by atoms with Crippen LogP contribution in [0.5, 0.6) is 11.5 Å². The summed E-state index contributed by atoms with van der Waals surface area (Å²) in [7, 11) is 0. The number of rotatable bonds is 7. The zero-order valence-electron chi connectivity index (χ0n) is 15.7. The number of benzene rings is 2. The quantitative estimate of drug-likeness (QED) is 0.511. The minimum atomic E-state index is -0.342. The van der Waals surface area contributed by atoms with Gasteiger partial charge in [-0.25, -0.2) is 0 Å². The molecule has 0 aliphatic carbocycles. The number of ether oxygens (including phenoxy) is 2. The van der Waals surface area contributed by atoms with Crippen LogP contribution in [0.15, 0.2) is 51.1 Å². The van der Waals surface area contributed by atoms with E-state index in [0.717, 1.165) is 8.68 Å². The molecule has 2 heterocycles. The normalized spacial score (nSPS) is 11.9. The van der Waals surface area contributed by atoms with Gasteiger partial charge in [0, 0.05) is 11.8 Å². The second kappa shape index (κ2) is 9.37. The Morgan fingerprint density at radius 1 is 1.07 bits per heavy atom. The van der Waals surface area contributed by atoms with Crippen LogP contribution >= 0.6 is 34.9 Å². The van der Waals surface area contributed by atoms with Gasteiger partial charge in [-0.15, -0.1) is 10.2 Å². The van der Waals surface area contributed by atoms with Crippen molar-refractivity contribution in [2.45, 2.75) is 8.68 Å². The van der Waals surface area contributed by atoms with Gasteiger partial charge in [-0.2, -0.15) is 0 Å². The summed E-state index contributed by atoms with van der Waals surface area (Å²) >= 11 is 4.26. The molecular weight excluding hydrogens is 444 g/mol. The van der Waals surface area contributed by atoms with Crippen LogP contribution < -0.4 is 20.1 Å². The molecule has 0 saturated heterocycles. The maximum absolute atomic E-state index is 12.8. The Hall–Kier alpha value is -2.76. The first kappa shape index (κ1) is 20.5. The second-order valence-corrected chi connectivity index (χ2v) is 9.20. The van der Waals surface area contributed by atoms with Crippen molar-refractivity contribution >= 4 is 58.0 Å². The first-order chi connectivity index (χ1) is 14.6. The lowest BCUT2D eigenvalue weighted by Crippen LogP contribution is -2.19. The van der Waals surface area contributed by atoms with Crippen LogP contribution in [-0.2, 0) is 4.79 Å². The summed E-state index contributed by atoms with van der Waals surface area (Å²) in [5.74, 6) is 0.808. The van der Waals surface area contributed by atoms with Gasteiger partial charge >= 0.3 is 0 Å². The summed E-state index contributed by atoms with van der Waals surface area (Å²) < 4.78 is 12.2. The van der Waals surface area contributed by atoms with Crippen LogP contribution in [0, 0.1) is 0 Å². The summed E-state index contributed by atoms with van der Waals surface area (Å²) in [5, 5.41) is 13.6. The van der Waals surface area contributed by atoms with Gasteiger partial charge in [0.15, 0.2) is 20.2 Å². The molecule has 2 aromatic carbocycles. The van der Waals surface area contributed by atoms with E-state index in [4.69, 9.17) is 9.47 Å². The Labute approximate surface area is 184 Å². The second-order valence-electron chi connectivity index (χ2n) is 5.94. The van der Waals surface area contributed by atoms with Gasteiger partial charge < -0.3 is 20.1 Å². The zero-order chi connectivity index (χ0) is 20.9. The van der Waals surface area contributed by atoms with Crippen LogP contribution in [-0.4, -0.2) is 40.8 Å². The van der Waals surface area contributed by atoms with Crippen molar-refractivity contribution in [1.82, 2.24) is 10.2 Å². The number of fused-ring (bicyclic) bond motifs is 1. The third-order valence-corrected chi connectivity index (χ3v) is 7.00. The Balaban J connectivity index is 1.40. The molecule has 0 unspecified atom stereocenters. The Bertz CT molecular complexity index is 1090. The van der Waals surface area contributed by atoms with Crippen molar-refractivity contribution in [2.24, 2.45) is 0 Å². The molecule has 0 bridgehead atoms. The molecule has 1 aliphatic heterocycles. The van der Waals surface area contributed by atoms with Crippen molar-refractivity contribution in [1.29, 1.82) is 0 Å². The van der Waals surface area contributed by atoms with Crippen molar-refractivity contribution < 1.29 is 19.1 Å². The highest BCUT2D eigenvalue weighted by molar-refractivity contribution is 8.03. The monoisotopic (exact) mass is 460 g/mol. The SMILES string of the molecule is CSc1nnc(SCC(=O)Nc2ccccc2C(=O)Nc2ccc3c(c2)OCO3)s1. The van der Waals surface area contributed by atoms with E-state index in [2.05, 4.69) is 20.8 Å². The molecule has 2 N–H and O–H groups in total. The molecule has 1 aromatic heterocycles. The van der Waals surface area contributed by atoms with E-state index in [0.29, 0.717) is 28.4 Å². The highest BCUT2D eigenvalue weighted by Gasteiger charge is 2.17. The molecule has 154 valence electrons. The highest BCUT2D eigenvalue weighted by atomic mass is 32.2. The summed E-state index contributed by atoms with van der Waals surface area (Å²) in [6.45, 7) is 0.162. The van der Waals surface area contributed by atoms with Crippen LogP contribution in [0.25, 0.3) is 0 Å². The smallest absolute Gasteiger partial charge is 0.257 e. The third-order valence-electron chi connectivity index (χ3n) is 3.97. The van der Waals surface area contributed by atoms with Gasteiger partial charge in [0.2, 0.25) is 12.7 Å². The number of nitrogens with zero attached hydrogens (tertiary/aromatic N) is 2. The molecule has 0 atom stereocenters. The number of nitrogens with one attached hydrogen (secondary N) is 2. The fraction of sp³-hybridized carbons (Fsp3) is 0.158. The molecule has 4 rings (SSSR count). The Morgan fingerprint density at radius 2 is 1.87 bits per heavy atom. The van der Waals surface area contributed by atoms with Crippen molar-refractivity contribution in [2.75, 3.05) is 29.4 Å². The molecule has 2 amide bonds. The van der Waals surface area contributed by atoms with Crippen molar-refractivity contribution in [3.8, 4) is 11.5 Å². The number of hydrogen-bond acceptors (Lipinski definition) is 9. The predicted octanol–water partition coefficient (Wildman–Crippen LogP) is 3.97. The number of thioether (sulfide) groups is 2. The number of amides is 2. The topological polar surface area (TPSA) is 102 Å². The average Bonchev–Trinajstić information content (AvgIpc) is 3.41. The number of para-hydroxylation sites is 1. The number of anilines is 2. The molecule has 0 radical (unpaired) electrons. The Morgan fingerprint density at radius 3 is 2.70 bits per heavy atom. The fourth-order valence-corrected chi connectivity index (χ4v) is 4.85. The van der Waals surface area contributed by atoms with E-state index in [1.54, 1.807) is 42.5 Å². The number of aromatic nitrogens is 2. The number of carbonyl (C=O) groups is 2. The van der Waals surface area contributed by atoms with Crippen LogP contribution in [0.4, 0.5) is 11.4 Å². The highest BCUT2D eigenvalue weighted by Crippen LogP contribution is 2.34.